The number of hydrogen-bond acceptors (Lipinski definition) is 5. The molecule has 91 heavy (non-hydrogen) atoms. The number of benzene rings is 9. The van der Waals surface area contributed by atoms with Gasteiger partial charge in [-0.1, -0.05) is 215 Å². The second-order valence-corrected chi connectivity index (χ2v) is 23.4. The number of aromatic amines is 1. The average Bonchev–Trinajstić information content (AvgIpc) is 1.68. The van der Waals surface area contributed by atoms with Crippen LogP contribution < -0.4 is 14.2 Å². The van der Waals surface area contributed by atoms with Gasteiger partial charge in [0.25, 0.3) is 0 Å². The molecule has 8 bridgehead atoms. The molecule has 1 N–H and O–H groups in total. The highest BCUT2D eigenvalue weighted by Crippen LogP contribution is 2.45. The molecule has 11 aromatic rings. The van der Waals surface area contributed by atoms with Crippen molar-refractivity contribution in [3.8, 4) is 40.2 Å². The number of fused-ring (bicyclic) bond motifs is 9. The average molecular weight is 1180 g/mol. The highest BCUT2D eigenvalue weighted by atomic mass is 16.5. The van der Waals surface area contributed by atoms with Crippen molar-refractivity contribution < 1.29 is 14.2 Å². The molecule has 0 saturated carbocycles. The first kappa shape index (κ1) is 57.7. The molecule has 1 unspecified atom stereocenters. The van der Waals surface area contributed by atoms with Gasteiger partial charge in [0.05, 0.1) is 33.9 Å². The topological polar surface area (TPSA) is 73.1 Å². The van der Waals surface area contributed by atoms with Gasteiger partial charge in [0.2, 0.25) is 0 Å². The Labute approximate surface area is 533 Å². The highest BCUT2D eigenvalue weighted by molar-refractivity contribution is 6.34. The summed E-state index contributed by atoms with van der Waals surface area (Å²) in [6.45, 7) is 6.68. The lowest BCUT2D eigenvalue weighted by molar-refractivity contribution is 0.402. The van der Waals surface area contributed by atoms with Crippen LogP contribution in [0.2, 0.25) is 0 Å². The van der Waals surface area contributed by atoms with Crippen LogP contribution in [0.3, 0.4) is 0 Å². The van der Waals surface area contributed by atoms with E-state index in [1.807, 2.05) is 66.7 Å². The SMILES string of the molecule is CC1=C2C=CC(=N2)C(c2ccccc2)=C2C=CC(=C(c3ccccc3)C3=NC(=C(c4ccccc4)c4ccc1[nH]4)C=C3)C2.CCCCC(CC)Cc1cc(Oc2ccccc2)c(Oc2ccccc2)cc1Oc1ccc(-n2c3ccccc3c3ccccc32)cc1. The van der Waals surface area contributed by atoms with Gasteiger partial charge in [0.1, 0.15) is 23.0 Å². The maximum atomic E-state index is 6.75. The Balaban J connectivity index is 0.000000159. The van der Waals surface area contributed by atoms with Crippen LogP contribution in [0.25, 0.3) is 49.8 Å². The van der Waals surface area contributed by atoms with E-state index >= 15 is 0 Å². The molecule has 4 aliphatic rings. The van der Waals surface area contributed by atoms with Crippen LogP contribution in [0.5, 0.6) is 34.5 Å². The number of para-hydroxylation sites is 4. The minimum Gasteiger partial charge on any atom is -0.457 e. The third-order valence-corrected chi connectivity index (χ3v) is 17.5. The Morgan fingerprint density at radius 1 is 0.440 bits per heavy atom. The summed E-state index contributed by atoms with van der Waals surface area (Å²) in [5.74, 6) is 4.85. The first-order valence-corrected chi connectivity index (χ1v) is 31.8. The summed E-state index contributed by atoms with van der Waals surface area (Å²) in [7, 11) is 0. The molecule has 5 heterocycles. The zero-order chi connectivity index (χ0) is 61.5. The molecule has 7 nitrogen and oxygen atoms in total. The van der Waals surface area contributed by atoms with Gasteiger partial charge in [-0.3, -0.25) is 0 Å². The molecule has 1 atom stereocenters. The second-order valence-electron chi connectivity index (χ2n) is 23.4. The van der Waals surface area contributed by atoms with Crippen molar-refractivity contribution in [3.63, 3.8) is 0 Å². The zero-order valence-corrected chi connectivity index (χ0v) is 51.5. The fraction of sp³-hybridized carbons (Fsp3) is 0.119. The summed E-state index contributed by atoms with van der Waals surface area (Å²) in [4.78, 5) is 14.3. The third kappa shape index (κ3) is 12.3. The molecule has 0 radical (unpaired) electrons. The van der Waals surface area contributed by atoms with E-state index in [4.69, 9.17) is 24.2 Å². The summed E-state index contributed by atoms with van der Waals surface area (Å²) in [5, 5.41) is 2.49. The Kier molecular flexibility index (Phi) is 16.7. The number of nitrogens with zero attached hydrogens (tertiary/aromatic N) is 3. The van der Waals surface area contributed by atoms with E-state index < -0.39 is 0 Å². The molecule has 0 amide bonds. The minimum absolute atomic E-state index is 0.537. The number of hydrogen-bond donors (Lipinski definition) is 1. The van der Waals surface area contributed by atoms with Gasteiger partial charge < -0.3 is 23.8 Å². The first-order chi connectivity index (χ1) is 44.9. The smallest absolute Gasteiger partial charge is 0.173 e. The molecule has 0 saturated heterocycles. The molecule has 0 fully saturated rings. The normalized spacial score (nSPS) is 14.5. The van der Waals surface area contributed by atoms with E-state index in [-0.39, 0.29) is 0 Å². The summed E-state index contributed by atoms with van der Waals surface area (Å²) in [5.41, 5.74) is 21.0. The maximum absolute atomic E-state index is 6.75. The lowest BCUT2D eigenvalue weighted by Crippen LogP contribution is -2.06. The standard InChI is InChI=1S/C44H41NO3.C40H29N3/c1-3-5-16-32(4-2)29-33-30-43(47-35-17-8-6-9-18-35)44(48-36-19-10-7-11-20-36)31-42(33)46-37-27-25-34(26-28-37)45-40-23-14-12-21-38(40)39-22-13-15-24-41(39)45;1-26-32-19-21-34(41-32)38(27-11-5-2-6-12-27)30-17-18-31(25-30)39(28-13-7-3-8-14-28)35-23-24-37(43-35)40(29-15-9-4-10-16-29)36-22-20-33(26)42-36/h6-15,17-28,30-32H,3-5,16,29H2,1-2H3;2-24,42H,25H2,1H3. The van der Waals surface area contributed by atoms with Crippen molar-refractivity contribution in [2.45, 2.75) is 59.3 Å². The van der Waals surface area contributed by atoms with E-state index in [9.17, 15) is 0 Å². The molecule has 2 aromatic heterocycles. The molecule has 9 aromatic carbocycles. The zero-order valence-electron chi connectivity index (χ0n) is 51.5. The largest absolute Gasteiger partial charge is 0.457 e. The molecular formula is C84H70N4O3. The number of aromatic nitrogens is 2. The summed E-state index contributed by atoms with van der Waals surface area (Å²) >= 11 is 0. The number of unbranched alkanes of at least 4 members (excludes halogenated alkanes) is 1. The number of H-pyrrole nitrogens is 1. The molecule has 444 valence electrons. The number of aliphatic imine (C=N–C) groups is 2. The molecule has 1 aliphatic carbocycles. The van der Waals surface area contributed by atoms with Gasteiger partial charge in [-0.2, -0.15) is 0 Å². The van der Waals surface area contributed by atoms with Crippen LogP contribution in [-0.2, 0) is 6.42 Å². The molecule has 7 heteroatoms. The van der Waals surface area contributed by atoms with Crippen LogP contribution in [0.15, 0.2) is 318 Å². The first-order valence-electron chi connectivity index (χ1n) is 31.8. The highest BCUT2D eigenvalue weighted by Gasteiger charge is 2.27. The van der Waals surface area contributed by atoms with E-state index in [0.29, 0.717) is 17.4 Å². The second kappa shape index (κ2) is 26.4. The van der Waals surface area contributed by atoms with E-state index in [1.165, 1.54) is 63.4 Å². The van der Waals surface area contributed by atoms with Gasteiger partial charge in [-0.25, -0.2) is 9.98 Å². The molecule has 15 rings (SSSR count). The number of ether oxygens (including phenoxy) is 3. The minimum atomic E-state index is 0.537. The predicted octanol–water partition coefficient (Wildman–Crippen LogP) is 22.3. The third-order valence-electron chi connectivity index (χ3n) is 17.5. The summed E-state index contributed by atoms with van der Waals surface area (Å²) in [6.07, 6.45) is 19.5. The van der Waals surface area contributed by atoms with Crippen LogP contribution >= 0.6 is 0 Å². The lowest BCUT2D eigenvalue weighted by Gasteiger charge is -2.21. The van der Waals surface area contributed by atoms with Crippen LogP contribution in [0.4, 0.5) is 0 Å². The monoisotopic (exact) mass is 1180 g/mol. The van der Waals surface area contributed by atoms with Crippen LogP contribution in [-0.4, -0.2) is 21.0 Å². The van der Waals surface area contributed by atoms with E-state index in [2.05, 4.69) is 249 Å². The predicted molar refractivity (Wildman–Crippen MR) is 377 cm³/mol. The van der Waals surface area contributed by atoms with E-state index in [1.54, 1.807) is 0 Å². The van der Waals surface area contributed by atoms with Gasteiger partial charge in [0, 0.05) is 50.6 Å². The van der Waals surface area contributed by atoms with Gasteiger partial charge in [-0.05, 0) is 168 Å². The van der Waals surface area contributed by atoms with Crippen LogP contribution in [0, 0.1) is 5.92 Å². The van der Waals surface area contributed by atoms with Crippen LogP contribution in [0.1, 0.15) is 86.5 Å². The Morgan fingerprint density at radius 2 is 0.901 bits per heavy atom. The maximum Gasteiger partial charge on any atom is 0.173 e. The van der Waals surface area contributed by atoms with Gasteiger partial charge in [0.15, 0.2) is 11.5 Å². The van der Waals surface area contributed by atoms with Gasteiger partial charge >= 0.3 is 0 Å². The Hall–Kier alpha value is -11.0. The molecular weight excluding hydrogens is 1110 g/mol. The summed E-state index contributed by atoms with van der Waals surface area (Å²) in [6, 6.07) is 85.5. The fourth-order valence-corrected chi connectivity index (χ4v) is 12.8. The molecule has 3 aliphatic heterocycles. The lowest BCUT2D eigenvalue weighted by atomic mass is 9.91. The molecule has 0 spiro atoms. The van der Waals surface area contributed by atoms with E-state index in [0.717, 1.165) is 116 Å². The van der Waals surface area contributed by atoms with Crippen molar-refractivity contribution in [1.29, 1.82) is 0 Å². The summed E-state index contributed by atoms with van der Waals surface area (Å²) < 4.78 is 22.0. The van der Waals surface area contributed by atoms with Crippen molar-refractivity contribution in [2.75, 3.05) is 0 Å². The quantitative estimate of drug-likeness (QED) is 0.105. The van der Waals surface area contributed by atoms with Crippen molar-refractivity contribution in [3.05, 3.63) is 341 Å². The number of allylic oxidation sites excluding steroid dienone is 11. The van der Waals surface area contributed by atoms with Crippen molar-refractivity contribution >= 4 is 55.5 Å². The Morgan fingerprint density at radius 3 is 1.45 bits per heavy atom. The van der Waals surface area contributed by atoms with Crippen molar-refractivity contribution in [2.24, 2.45) is 15.9 Å². The Bertz CT molecular complexity index is 4710. The fourth-order valence-electron chi connectivity index (χ4n) is 12.8. The van der Waals surface area contributed by atoms with Crippen molar-refractivity contribution in [1.82, 2.24) is 9.55 Å². The number of rotatable bonds is 16. The van der Waals surface area contributed by atoms with Gasteiger partial charge in [-0.15, -0.1) is 0 Å². The number of nitrogens with one attached hydrogen (secondary N) is 1.